The summed E-state index contributed by atoms with van der Waals surface area (Å²) >= 11 is 0. The van der Waals surface area contributed by atoms with Crippen molar-refractivity contribution in [1.82, 2.24) is 9.36 Å². The van der Waals surface area contributed by atoms with Crippen molar-refractivity contribution in [1.29, 1.82) is 0 Å². The molecule has 7 heteroatoms. The van der Waals surface area contributed by atoms with Gasteiger partial charge in [-0.25, -0.2) is 13.1 Å². The number of anilines is 1. The van der Waals surface area contributed by atoms with Crippen molar-refractivity contribution >= 4 is 15.7 Å². The van der Waals surface area contributed by atoms with Crippen LogP contribution in [0.4, 0.5) is 5.69 Å². The molecule has 28 heavy (non-hydrogen) atoms. The Kier molecular flexibility index (Phi) is 5.47. The number of hydrogen-bond acceptors (Lipinski definition) is 3. The van der Waals surface area contributed by atoms with Crippen LogP contribution in [0.3, 0.4) is 0 Å². The van der Waals surface area contributed by atoms with Crippen molar-refractivity contribution in [3.63, 3.8) is 0 Å². The quantitative estimate of drug-likeness (QED) is 0.640. The van der Waals surface area contributed by atoms with Crippen LogP contribution >= 0.6 is 0 Å². The summed E-state index contributed by atoms with van der Waals surface area (Å²) in [5.74, 6) is -0.0853. The molecule has 1 heterocycles. The zero-order chi connectivity index (χ0) is 20.5. The van der Waals surface area contributed by atoms with E-state index in [0.29, 0.717) is 11.4 Å². The summed E-state index contributed by atoms with van der Waals surface area (Å²) in [7, 11) is -1.89. The van der Waals surface area contributed by atoms with E-state index in [1.165, 1.54) is 8.99 Å². The van der Waals surface area contributed by atoms with Crippen LogP contribution in [0.5, 0.6) is 0 Å². The molecule has 3 aromatic rings. The summed E-state index contributed by atoms with van der Waals surface area (Å²) in [6.07, 6.45) is 0. The first kappa shape index (κ1) is 19.9. The van der Waals surface area contributed by atoms with Gasteiger partial charge in [-0.1, -0.05) is 48.0 Å². The highest BCUT2D eigenvalue weighted by Gasteiger charge is 2.29. The Bertz CT molecular complexity index is 1130. The molecular weight excluding hydrogens is 374 g/mol. The second-order valence-electron chi connectivity index (χ2n) is 6.80. The minimum atomic E-state index is -3.65. The van der Waals surface area contributed by atoms with Gasteiger partial charge in [0.15, 0.2) is 0 Å². The van der Waals surface area contributed by atoms with Gasteiger partial charge in [0.2, 0.25) is 10.0 Å². The zero-order valence-corrected chi connectivity index (χ0v) is 17.4. The molecule has 0 bridgehead atoms. The molecule has 2 aromatic carbocycles. The molecular formula is C21H25N3O3S. The maximum Gasteiger partial charge on any atom is 0.296 e. The van der Waals surface area contributed by atoms with Gasteiger partial charge in [-0.2, -0.15) is 0 Å². The minimum Gasteiger partial charge on any atom is -0.283 e. The lowest BCUT2D eigenvalue weighted by Gasteiger charge is -2.22. The van der Waals surface area contributed by atoms with Crippen LogP contribution in [0, 0.1) is 13.8 Å². The van der Waals surface area contributed by atoms with Crippen LogP contribution in [0.25, 0.3) is 5.69 Å². The van der Waals surface area contributed by atoms with E-state index in [9.17, 15) is 13.2 Å². The summed E-state index contributed by atoms with van der Waals surface area (Å²) in [5, 5.41) is 0. The molecule has 0 spiro atoms. The van der Waals surface area contributed by atoms with Gasteiger partial charge in [-0.15, -0.1) is 0 Å². The predicted octanol–water partition coefficient (Wildman–Crippen LogP) is 3.15. The standard InChI is InChI=1S/C21H25N3O3S/c1-5-28(26,27)23(15-18-13-11-16(2)12-14-18)20-17(3)22(4)24(21(20)25)19-9-7-6-8-10-19/h6-14H,5,15H2,1-4H3. The Morgan fingerprint density at radius 1 is 0.964 bits per heavy atom. The Labute approximate surface area is 165 Å². The number of para-hydroxylation sites is 1. The molecule has 3 rings (SSSR count). The van der Waals surface area contributed by atoms with Crippen molar-refractivity contribution < 1.29 is 8.42 Å². The molecule has 0 amide bonds. The smallest absolute Gasteiger partial charge is 0.283 e. The molecule has 0 atom stereocenters. The third-order valence-electron chi connectivity index (χ3n) is 4.92. The normalized spacial score (nSPS) is 11.6. The summed E-state index contributed by atoms with van der Waals surface area (Å²) in [6, 6.07) is 16.9. The fourth-order valence-corrected chi connectivity index (χ4v) is 4.32. The van der Waals surface area contributed by atoms with Crippen molar-refractivity contribution in [2.24, 2.45) is 7.05 Å². The lowest BCUT2D eigenvalue weighted by Crippen LogP contribution is -2.35. The van der Waals surface area contributed by atoms with E-state index in [0.717, 1.165) is 11.1 Å². The molecule has 6 nitrogen and oxygen atoms in total. The number of rotatable bonds is 6. The second-order valence-corrected chi connectivity index (χ2v) is 8.98. The van der Waals surface area contributed by atoms with E-state index in [2.05, 4.69) is 0 Å². The molecule has 0 aliphatic carbocycles. The maximum absolute atomic E-state index is 13.3. The summed E-state index contributed by atoms with van der Waals surface area (Å²) < 4.78 is 30.2. The number of aryl methyl sites for hydroxylation is 1. The summed E-state index contributed by atoms with van der Waals surface area (Å²) in [5.41, 5.74) is 3.04. The fraction of sp³-hybridized carbons (Fsp3) is 0.286. The van der Waals surface area contributed by atoms with E-state index in [-0.39, 0.29) is 23.5 Å². The number of hydrogen-bond donors (Lipinski definition) is 0. The van der Waals surface area contributed by atoms with Crippen LogP contribution in [0.15, 0.2) is 59.4 Å². The van der Waals surface area contributed by atoms with E-state index in [1.807, 2.05) is 61.5 Å². The molecule has 0 saturated carbocycles. The fourth-order valence-electron chi connectivity index (χ4n) is 3.17. The first-order valence-electron chi connectivity index (χ1n) is 9.16. The zero-order valence-electron chi connectivity index (χ0n) is 16.6. The first-order chi connectivity index (χ1) is 13.3. The van der Waals surface area contributed by atoms with Crippen LogP contribution < -0.4 is 9.86 Å². The van der Waals surface area contributed by atoms with Gasteiger partial charge in [0.1, 0.15) is 5.69 Å². The average Bonchev–Trinajstić information content (AvgIpc) is 2.91. The van der Waals surface area contributed by atoms with Gasteiger partial charge < -0.3 is 0 Å². The topological polar surface area (TPSA) is 64.3 Å². The Hall–Kier alpha value is -2.80. The number of benzene rings is 2. The van der Waals surface area contributed by atoms with Gasteiger partial charge in [0.05, 0.1) is 23.7 Å². The van der Waals surface area contributed by atoms with Gasteiger partial charge in [-0.05, 0) is 38.5 Å². The highest BCUT2D eigenvalue weighted by Crippen LogP contribution is 2.24. The Balaban J connectivity index is 2.18. The van der Waals surface area contributed by atoms with E-state index in [1.54, 1.807) is 25.6 Å². The van der Waals surface area contributed by atoms with Gasteiger partial charge in [0.25, 0.3) is 5.56 Å². The SMILES string of the molecule is CCS(=O)(=O)N(Cc1ccc(C)cc1)c1c(C)n(C)n(-c2ccccc2)c1=O. The number of aromatic nitrogens is 2. The summed E-state index contributed by atoms with van der Waals surface area (Å²) in [6.45, 7) is 5.45. The first-order valence-corrected chi connectivity index (χ1v) is 10.8. The molecule has 1 aromatic heterocycles. The summed E-state index contributed by atoms with van der Waals surface area (Å²) in [4.78, 5) is 13.3. The van der Waals surface area contributed by atoms with Crippen LogP contribution in [-0.4, -0.2) is 23.5 Å². The van der Waals surface area contributed by atoms with Crippen molar-refractivity contribution in [2.45, 2.75) is 27.3 Å². The number of sulfonamides is 1. The van der Waals surface area contributed by atoms with Crippen molar-refractivity contribution in [3.05, 3.63) is 81.8 Å². The molecule has 0 radical (unpaired) electrons. The third-order valence-corrected chi connectivity index (χ3v) is 6.63. The second kappa shape index (κ2) is 7.67. The molecule has 0 aliphatic rings. The van der Waals surface area contributed by atoms with Crippen LogP contribution in [0.2, 0.25) is 0 Å². The maximum atomic E-state index is 13.3. The number of nitrogens with zero attached hydrogens (tertiary/aromatic N) is 3. The predicted molar refractivity (Wildman–Crippen MR) is 113 cm³/mol. The third kappa shape index (κ3) is 3.62. The molecule has 0 fully saturated rings. The average molecular weight is 400 g/mol. The van der Waals surface area contributed by atoms with Gasteiger partial charge >= 0.3 is 0 Å². The molecule has 0 saturated heterocycles. The van der Waals surface area contributed by atoms with Gasteiger partial charge in [0, 0.05) is 7.05 Å². The highest BCUT2D eigenvalue weighted by atomic mass is 32.2. The monoisotopic (exact) mass is 399 g/mol. The molecule has 0 aliphatic heterocycles. The lowest BCUT2D eigenvalue weighted by atomic mass is 10.1. The van der Waals surface area contributed by atoms with Crippen molar-refractivity contribution in [2.75, 3.05) is 10.1 Å². The highest BCUT2D eigenvalue weighted by molar-refractivity contribution is 7.92. The Morgan fingerprint density at radius 3 is 2.14 bits per heavy atom. The largest absolute Gasteiger partial charge is 0.296 e. The minimum absolute atomic E-state index is 0.0853. The van der Waals surface area contributed by atoms with Crippen molar-refractivity contribution in [3.8, 4) is 5.69 Å². The van der Waals surface area contributed by atoms with E-state index < -0.39 is 10.0 Å². The Morgan fingerprint density at radius 2 is 1.57 bits per heavy atom. The molecule has 0 N–H and O–H groups in total. The van der Waals surface area contributed by atoms with E-state index >= 15 is 0 Å². The lowest BCUT2D eigenvalue weighted by molar-refractivity contribution is 0.591. The van der Waals surface area contributed by atoms with Crippen LogP contribution in [0.1, 0.15) is 23.7 Å². The molecule has 0 unspecified atom stereocenters. The van der Waals surface area contributed by atoms with E-state index in [4.69, 9.17) is 0 Å². The van der Waals surface area contributed by atoms with Crippen LogP contribution in [-0.2, 0) is 23.6 Å². The van der Waals surface area contributed by atoms with Gasteiger partial charge in [-0.3, -0.25) is 13.8 Å². The molecule has 148 valence electrons.